The van der Waals surface area contributed by atoms with Crippen molar-refractivity contribution in [2.75, 3.05) is 11.5 Å². The molecule has 0 spiro atoms. The third-order valence-electron chi connectivity index (χ3n) is 4.98. The maximum absolute atomic E-state index is 13.0. The van der Waals surface area contributed by atoms with Crippen molar-refractivity contribution in [2.24, 2.45) is 0 Å². The molecule has 7 heteroatoms. The number of nitrogens with zero attached hydrogens (tertiary/aromatic N) is 3. The highest BCUT2D eigenvalue weighted by Gasteiger charge is 2.41. The van der Waals surface area contributed by atoms with E-state index in [1.54, 1.807) is 24.3 Å². The fourth-order valence-corrected chi connectivity index (χ4v) is 4.76. The molecule has 29 heavy (non-hydrogen) atoms. The molecular weight excluding hydrogens is 386 g/mol. The number of hydrogen-bond acceptors (Lipinski definition) is 6. The van der Waals surface area contributed by atoms with Crippen LogP contribution in [0, 0.1) is 25.2 Å². The van der Waals surface area contributed by atoms with Gasteiger partial charge in [0.2, 0.25) is 11.8 Å². The van der Waals surface area contributed by atoms with Gasteiger partial charge in [0.05, 0.1) is 23.1 Å². The van der Waals surface area contributed by atoms with Crippen LogP contribution in [0.15, 0.2) is 29.3 Å². The fourth-order valence-electron chi connectivity index (χ4n) is 3.56. The number of amides is 2. The summed E-state index contributed by atoms with van der Waals surface area (Å²) in [5.41, 5.74) is 3.80. The molecule has 2 amide bonds. The van der Waals surface area contributed by atoms with Crippen molar-refractivity contribution in [1.82, 2.24) is 4.98 Å². The quantitative estimate of drug-likeness (QED) is 0.672. The molecule has 0 saturated carbocycles. The molecule has 0 aliphatic carbocycles. The zero-order chi connectivity index (χ0) is 21.1. The first-order valence-electron chi connectivity index (χ1n) is 9.57. The molecule has 0 radical (unpaired) electrons. The van der Waals surface area contributed by atoms with Gasteiger partial charge in [-0.1, -0.05) is 18.7 Å². The summed E-state index contributed by atoms with van der Waals surface area (Å²) in [5, 5.41) is 9.54. The summed E-state index contributed by atoms with van der Waals surface area (Å²) in [7, 11) is 0. The van der Waals surface area contributed by atoms with Crippen molar-refractivity contribution in [3.63, 3.8) is 0 Å². The molecule has 6 nitrogen and oxygen atoms in total. The first-order chi connectivity index (χ1) is 13.9. The second-order valence-corrected chi connectivity index (χ2v) is 7.94. The van der Waals surface area contributed by atoms with E-state index in [0.29, 0.717) is 28.6 Å². The molecular formula is C22H23N3O3S. The highest BCUT2D eigenvalue weighted by molar-refractivity contribution is 8.00. The van der Waals surface area contributed by atoms with E-state index in [0.717, 1.165) is 23.2 Å². The van der Waals surface area contributed by atoms with Crippen LogP contribution >= 0.6 is 11.8 Å². The van der Waals surface area contributed by atoms with Crippen molar-refractivity contribution in [3.05, 3.63) is 46.6 Å². The van der Waals surface area contributed by atoms with Crippen LogP contribution in [0.25, 0.3) is 0 Å². The van der Waals surface area contributed by atoms with Gasteiger partial charge >= 0.3 is 0 Å². The summed E-state index contributed by atoms with van der Waals surface area (Å²) in [4.78, 5) is 31.3. The van der Waals surface area contributed by atoms with E-state index in [1.165, 1.54) is 16.7 Å². The van der Waals surface area contributed by atoms with Crippen molar-refractivity contribution in [3.8, 4) is 11.8 Å². The van der Waals surface area contributed by atoms with Gasteiger partial charge in [0.1, 0.15) is 16.8 Å². The minimum atomic E-state index is -0.597. The van der Waals surface area contributed by atoms with Gasteiger partial charge in [-0.2, -0.15) is 5.26 Å². The van der Waals surface area contributed by atoms with Crippen molar-refractivity contribution >= 4 is 29.3 Å². The summed E-state index contributed by atoms with van der Waals surface area (Å²) in [6.45, 7) is 8.28. The standard InChI is InChI=1S/C22H23N3O3S/c1-5-17-13(3)18(12-23)21(24-14(17)4)29-19-11-20(26)25(22(19)27)15-7-9-16(10-8-15)28-6-2/h7-10,19H,5-6,11H2,1-4H3/t19-/m1/s1. The molecule has 1 aliphatic rings. The molecule has 0 N–H and O–H groups in total. The average molecular weight is 410 g/mol. The Kier molecular flexibility index (Phi) is 6.23. The number of pyridine rings is 1. The predicted molar refractivity (Wildman–Crippen MR) is 112 cm³/mol. The number of aromatic nitrogens is 1. The predicted octanol–water partition coefficient (Wildman–Crippen LogP) is 3.96. The van der Waals surface area contributed by atoms with Crippen LogP contribution in [0.4, 0.5) is 5.69 Å². The summed E-state index contributed by atoms with van der Waals surface area (Å²) in [5.74, 6) is 0.143. The number of benzene rings is 1. The lowest BCUT2D eigenvalue weighted by Crippen LogP contribution is -2.31. The number of thioether (sulfide) groups is 1. The number of rotatable bonds is 6. The Bertz CT molecular complexity index is 996. The Morgan fingerprint density at radius 1 is 1.24 bits per heavy atom. The molecule has 1 fully saturated rings. The van der Waals surface area contributed by atoms with Crippen molar-refractivity contribution in [2.45, 2.75) is 50.8 Å². The number of hydrogen-bond donors (Lipinski definition) is 0. The molecule has 1 aromatic carbocycles. The first-order valence-corrected chi connectivity index (χ1v) is 10.5. The summed E-state index contributed by atoms with van der Waals surface area (Å²) >= 11 is 1.20. The van der Waals surface area contributed by atoms with Crippen LogP contribution in [0.5, 0.6) is 5.75 Å². The minimum Gasteiger partial charge on any atom is -0.494 e. The largest absolute Gasteiger partial charge is 0.494 e. The van der Waals surface area contributed by atoms with Crippen molar-refractivity contribution in [1.29, 1.82) is 5.26 Å². The zero-order valence-electron chi connectivity index (χ0n) is 17.0. The van der Waals surface area contributed by atoms with Crippen molar-refractivity contribution < 1.29 is 14.3 Å². The third-order valence-corrected chi connectivity index (χ3v) is 6.15. The Morgan fingerprint density at radius 3 is 2.52 bits per heavy atom. The Morgan fingerprint density at radius 2 is 1.93 bits per heavy atom. The van der Waals surface area contributed by atoms with Gasteiger partial charge in [-0.05, 0) is 62.6 Å². The van der Waals surface area contributed by atoms with E-state index in [9.17, 15) is 14.9 Å². The topological polar surface area (TPSA) is 83.3 Å². The van der Waals surface area contributed by atoms with Gasteiger partial charge in [-0.25, -0.2) is 9.88 Å². The number of imide groups is 1. The van der Waals surface area contributed by atoms with E-state index in [4.69, 9.17) is 4.74 Å². The summed E-state index contributed by atoms with van der Waals surface area (Å²) in [6.07, 6.45) is 0.869. The first kappa shape index (κ1) is 20.9. The van der Waals surface area contributed by atoms with E-state index >= 15 is 0 Å². The smallest absolute Gasteiger partial charge is 0.247 e. The van der Waals surface area contributed by atoms with Gasteiger partial charge in [-0.3, -0.25) is 9.59 Å². The Balaban J connectivity index is 1.86. The maximum Gasteiger partial charge on any atom is 0.247 e. The Labute approximate surface area is 174 Å². The second kappa shape index (κ2) is 8.66. The van der Waals surface area contributed by atoms with Crippen LogP contribution in [0.2, 0.25) is 0 Å². The third kappa shape index (κ3) is 3.99. The zero-order valence-corrected chi connectivity index (χ0v) is 17.8. The highest BCUT2D eigenvalue weighted by atomic mass is 32.2. The molecule has 3 rings (SSSR count). The maximum atomic E-state index is 13.0. The van der Waals surface area contributed by atoms with Crippen LogP contribution in [-0.4, -0.2) is 28.7 Å². The number of aryl methyl sites for hydroxylation is 1. The molecule has 0 unspecified atom stereocenters. The molecule has 1 saturated heterocycles. The minimum absolute atomic E-state index is 0.0802. The number of anilines is 1. The molecule has 1 aliphatic heterocycles. The lowest BCUT2D eigenvalue weighted by molar-refractivity contribution is -0.121. The number of nitriles is 1. The van der Waals surface area contributed by atoms with E-state index in [2.05, 4.69) is 11.1 Å². The summed E-state index contributed by atoms with van der Waals surface area (Å²) < 4.78 is 5.41. The molecule has 1 aromatic heterocycles. The molecule has 1 atom stereocenters. The lowest BCUT2D eigenvalue weighted by atomic mass is 10.0. The number of carbonyl (C=O) groups is 2. The monoisotopic (exact) mass is 409 g/mol. The van der Waals surface area contributed by atoms with Crippen LogP contribution < -0.4 is 9.64 Å². The molecule has 150 valence electrons. The van der Waals surface area contributed by atoms with Gasteiger partial charge in [0.25, 0.3) is 0 Å². The van der Waals surface area contributed by atoms with Gasteiger partial charge < -0.3 is 4.74 Å². The van der Waals surface area contributed by atoms with E-state index in [1.807, 2.05) is 27.7 Å². The number of carbonyl (C=O) groups excluding carboxylic acids is 2. The SMILES string of the molecule is CCOc1ccc(N2C(=O)C[C@@H](Sc3nc(C)c(CC)c(C)c3C#N)C2=O)cc1. The van der Waals surface area contributed by atoms with Gasteiger partial charge in [0, 0.05) is 12.1 Å². The van der Waals surface area contributed by atoms with Crippen LogP contribution in [-0.2, 0) is 16.0 Å². The Hall–Kier alpha value is -2.85. The summed E-state index contributed by atoms with van der Waals surface area (Å²) in [6, 6.07) is 9.11. The second-order valence-electron chi connectivity index (χ2n) is 6.75. The average Bonchev–Trinajstić information content (AvgIpc) is 2.96. The number of ether oxygens (including phenoxy) is 1. The molecule has 2 aromatic rings. The lowest BCUT2D eigenvalue weighted by Gasteiger charge is -2.16. The normalized spacial score (nSPS) is 16.2. The van der Waals surface area contributed by atoms with E-state index < -0.39 is 5.25 Å². The van der Waals surface area contributed by atoms with Crippen LogP contribution in [0.3, 0.4) is 0 Å². The van der Waals surface area contributed by atoms with Gasteiger partial charge in [0.15, 0.2) is 0 Å². The van der Waals surface area contributed by atoms with Gasteiger partial charge in [-0.15, -0.1) is 0 Å². The molecule has 0 bridgehead atoms. The van der Waals surface area contributed by atoms with E-state index in [-0.39, 0.29) is 18.2 Å². The highest BCUT2D eigenvalue weighted by Crippen LogP contribution is 2.36. The fraction of sp³-hybridized carbons (Fsp3) is 0.364. The van der Waals surface area contributed by atoms with Crippen LogP contribution in [0.1, 0.15) is 42.7 Å². The molecule has 2 heterocycles.